The summed E-state index contributed by atoms with van der Waals surface area (Å²) in [6.45, 7) is 0.320. The molecule has 3 aromatic carbocycles. The highest BCUT2D eigenvalue weighted by molar-refractivity contribution is 7.80. The molecule has 6 nitrogen and oxygen atoms in total. The van der Waals surface area contributed by atoms with Crippen LogP contribution in [0.5, 0.6) is 5.75 Å². The molecule has 0 spiro atoms. The van der Waals surface area contributed by atoms with E-state index in [0.717, 1.165) is 5.56 Å². The summed E-state index contributed by atoms with van der Waals surface area (Å²) in [6.07, 6.45) is 0.280. The SMILES string of the molecule is COc1ccc(N2C(=O)C(CC(=O)Nc3ccc(F)cc3)N(CCc3ccc(Cl)cc3Cl)C2=S)cc1Cl. The standard InChI is InChI=1S/C26H21Cl3FN3O3S/c1-36-23-9-8-19(13-21(23)29)33-25(35)22(14-24(34)31-18-6-4-17(30)5-7-18)32(26(33)37)11-10-15-2-3-16(27)12-20(15)28/h2-9,12-13,22H,10-11,14H2,1H3,(H,31,34). The fraction of sp³-hybridized carbons (Fsp3) is 0.192. The van der Waals surface area contributed by atoms with Crippen LogP contribution in [0.3, 0.4) is 0 Å². The molecular formula is C26H21Cl3FN3O3S. The van der Waals surface area contributed by atoms with Crippen molar-refractivity contribution >= 4 is 75.3 Å². The van der Waals surface area contributed by atoms with Gasteiger partial charge in [-0.05, 0) is 78.8 Å². The van der Waals surface area contributed by atoms with Crippen LogP contribution in [-0.2, 0) is 16.0 Å². The van der Waals surface area contributed by atoms with E-state index >= 15 is 0 Å². The average Bonchev–Trinajstić information content (AvgIpc) is 3.08. The van der Waals surface area contributed by atoms with Crippen LogP contribution in [0.1, 0.15) is 12.0 Å². The van der Waals surface area contributed by atoms with Gasteiger partial charge in [0.1, 0.15) is 17.6 Å². The number of halogens is 4. The van der Waals surface area contributed by atoms with E-state index in [9.17, 15) is 14.0 Å². The molecule has 1 aliphatic heterocycles. The van der Waals surface area contributed by atoms with Gasteiger partial charge in [0.25, 0.3) is 5.91 Å². The van der Waals surface area contributed by atoms with Gasteiger partial charge in [-0.1, -0.05) is 40.9 Å². The van der Waals surface area contributed by atoms with Gasteiger partial charge >= 0.3 is 0 Å². The summed E-state index contributed by atoms with van der Waals surface area (Å²) in [5.74, 6) is -0.762. The summed E-state index contributed by atoms with van der Waals surface area (Å²) in [7, 11) is 1.49. The second kappa shape index (κ2) is 11.6. The Morgan fingerprint density at radius 3 is 2.43 bits per heavy atom. The van der Waals surface area contributed by atoms with E-state index in [4.69, 9.17) is 51.8 Å². The van der Waals surface area contributed by atoms with Crippen molar-refractivity contribution in [3.05, 3.63) is 87.1 Å². The number of thiocarbonyl (C=S) groups is 1. The Labute approximate surface area is 233 Å². The van der Waals surface area contributed by atoms with Crippen LogP contribution in [-0.4, -0.2) is 41.5 Å². The van der Waals surface area contributed by atoms with E-state index in [-0.39, 0.29) is 17.4 Å². The minimum Gasteiger partial charge on any atom is -0.495 e. The van der Waals surface area contributed by atoms with Crippen molar-refractivity contribution in [2.24, 2.45) is 0 Å². The number of carbonyl (C=O) groups is 2. The Morgan fingerprint density at radius 2 is 1.78 bits per heavy atom. The number of ether oxygens (including phenoxy) is 1. The van der Waals surface area contributed by atoms with Gasteiger partial charge in [-0.25, -0.2) is 4.39 Å². The zero-order valence-electron chi connectivity index (χ0n) is 19.5. The summed E-state index contributed by atoms with van der Waals surface area (Å²) in [5.41, 5.74) is 1.69. The monoisotopic (exact) mass is 579 g/mol. The molecular weight excluding hydrogens is 560 g/mol. The van der Waals surface area contributed by atoms with Crippen LogP contribution in [0.2, 0.25) is 15.1 Å². The molecule has 11 heteroatoms. The van der Waals surface area contributed by atoms with E-state index in [1.165, 1.54) is 36.3 Å². The van der Waals surface area contributed by atoms with Gasteiger partial charge in [0.05, 0.1) is 24.2 Å². The van der Waals surface area contributed by atoms with Gasteiger partial charge in [0.15, 0.2) is 5.11 Å². The van der Waals surface area contributed by atoms with Crippen LogP contribution < -0.4 is 15.0 Å². The first-order valence-corrected chi connectivity index (χ1v) is 12.7. The Morgan fingerprint density at radius 1 is 1.05 bits per heavy atom. The Balaban J connectivity index is 1.59. The predicted molar refractivity (Wildman–Crippen MR) is 148 cm³/mol. The van der Waals surface area contributed by atoms with Crippen molar-refractivity contribution in [3.63, 3.8) is 0 Å². The number of rotatable bonds is 8. The molecule has 0 radical (unpaired) electrons. The van der Waals surface area contributed by atoms with Crippen molar-refractivity contribution in [2.45, 2.75) is 18.9 Å². The molecule has 0 bridgehead atoms. The molecule has 1 saturated heterocycles. The van der Waals surface area contributed by atoms with Crippen molar-refractivity contribution in [1.82, 2.24) is 4.90 Å². The number of methoxy groups -OCH3 is 1. The van der Waals surface area contributed by atoms with Crippen molar-refractivity contribution < 1.29 is 18.7 Å². The maximum absolute atomic E-state index is 13.6. The summed E-state index contributed by atoms with van der Waals surface area (Å²) < 4.78 is 18.4. The molecule has 37 heavy (non-hydrogen) atoms. The molecule has 0 aliphatic carbocycles. The molecule has 1 heterocycles. The molecule has 0 saturated carbocycles. The highest BCUT2D eigenvalue weighted by atomic mass is 35.5. The minimum absolute atomic E-state index is 0.176. The molecule has 4 rings (SSSR count). The first-order valence-electron chi connectivity index (χ1n) is 11.2. The molecule has 1 atom stereocenters. The average molecular weight is 581 g/mol. The summed E-state index contributed by atoms with van der Waals surface area (Å²) in [6, 6.07) is 14.6. The van der Waals surface area contributed by atoms with Crippen molar-refractivity contribution in [2.75, 3.05) is 23.9 Å². The molecule has 1 fully saturated rings. The molecule has 192 valence electrons. The van der Waals surface area contributed by atoms with Crippen LogP contribution in [0.4, 0.5) is 15.8 Å². The lowest BCUT2D eigenvalue weighted by atomic mass is 10.1. The second-order valence-corrected chi connectivity index (χ2v) is 9.85. The molecule has 1 N–H and O–H groups in total. The number of carbonyl (C=O) groups excluding carboxylic acids is 2. The van der Waals surface area contributed by atoms with Crippen LogP contribution in [0.15, 0.2) is 60.7 Å². The van der Waals surface area contributed by atoms with E-state index in [1.54, 1.807) is 35.2 Å². The van der Waals surface area contributed by atoms with Crippen LogP contribution in [0, 0.1) is 5.82 Å². The number of hydrogen-bond acceptors (Lipinski definition) is 4. The summed E-state index contributed by atoms with van der Waals surface area (Å²) in [4.78, 5) is 29.5. The fourth-order valence-corrected chi connectivity index (χ4v) is 5.17. The number of hydrogen-bond donors (Lipinski definition) is 1. The minimum atomic E-state index is -0.875. The third kappa shape index (κ3) is 6.15. The number of benzene rings is 3. The lowest BCUT2D eigenvalue weighted by molar-refractivity contribution is -0.124. The fourth-order valence-electron chi connectivity index (χ4n) is 4.01. The zero-order chi connectivity index (χ0) is 26.7. The molecule has 0 aromatic heterocycles. The highest BCUT2D eigenvalue weighted by Gasteiger charge is 2.44. The molecule has 2 amide bonds. The van der Waals surface area contributed by atoms with E-state index in [0.29, 0.717) is 45.2 Å². The van der Waals surface area contributed by atoms with Gasteiger partial charge < -0.3 is 15.0 Å². The quantitative estimate of drug-likeness (QED) is 0.314. The summed E-state index contributed by atoms with van der Waals surface area (Å²) in [5, 5.41) is 4.25. The van der Waals surface area contributed by atoms with Crippen molar-refractivity contribution in [1.29, 1.82) is 0 Å². The van der Waals surface area contributed by atoms with Gasteiger partial charge in [-0.2, -0.15) is 0 Å². The lowest BCUT2D eigenvalue weighted by Gasteiger charge is -2.24. The number of nitrogens with zero attached hydrogens (tertiary/aromatic N) is 2. The van der Waals surface area contributed by atoms with E-state index in [2.05, 4.69) is 5.32 Å². The third-order valence-electron chi connectivity index (χ3n) is 5.86. The lowest BCUT2D eigenvalue weighted by Crippen LogP contribution is -2.39. The van der Waals surface area contributed by atoms with Gasteiger partial charge in [0.2, 0.25) is 5.91 Å². The molecule has 1 unspecified atom stereocenters. The Bertz CT molecular complexity index is 1360. The number of amides is 2. The van der Waals surface area contributed by atoms with E-state index < -0.39 is 17.8 Å². The highest BCUT2D eigenvalue weighted by Crippen LogP contribution is 2.34. The zero-order valence-corrected chi connectivity index (χ0v) is 22.6. The number of nitrogens with one attached hydrogen (secondary N) is 1. The smallest absolute Gasteiger partial charge is 0.256 e. The largest absolute Gasteiger partial charge is 0.495 e. The summed E-state index contributed by atoms with van der Waals surface area (Å²) >= 11 is 24.3. The van der Waals surface area contributed by atoms with Crippen LogP contribution >= 0.6 is 47.0 Å². The maximum Gasteiger partial charge on any atom is 0.256 e. The second-order valence-electron chi connectivity index (χ2n) is 8.23. The Hall–Kier alpha value is -2.91. The predicted octanol–water partition coefficient (Wildman–Crippen LogP) is 6.37. The van der Waals surface area contributed by atoms with Crippen LogP contribution in [0.25, 0.3) is 0 Å². The number of anilines is 2. The maximum atomic E-state index is 13.6. The van der Waals surface area contributed by atoms with Gasteiger partial charge in [-0.15, -0.1) is 0 Å². The van der Waals surface area contributed by atoms with Crippen molar-refractivity contribution in [3.8, 4) is 5.75 Å². The molecule has 1 aliphatic rings. The van der Waals surface area contributed by atoms with Gasteiger partial charge in [-0.3, -0.25) is 14.5 Å². The third-order valence-corrected chi connectivity index (χ3v) is 7.16. The topological polar surface area (TPSA) is 61.9 Å². The van der Waals surface area contributed by atoms with E-state index in [1.807, 2.05) is 6.07 Å². The Kier molecular flexibility index (Phi) is 8.54. The first kappa shape index (κ1) is 27.1. The molecule has 3 aromatic rings. The first-order chi connectivity index (χ1) is 17.7. The normalized spacial score (nSPS) is 15.3. The van der Waals surface area contributed by atoms with Gasteiger partial charge in [0, 0.05) is 22.3 Å².